The molecule has 2 rings (SSSR count). The molecule has 1 fully saturated rings. The molecule has 0 radical (unpaired) electrons. The highest BCUT2D eigenvalue weighted by Crippen LogP contribution is 2.30. The lowest BCUT2D eigenvalue weighted by Gasteiger charge is -2.26. The minimum atomic E-state index is -0.842. The summed E-state index contributed by atoms with van der Waals surface area (Å²) in [4.78, 5) is 23.5. The molecule has 2 amide bonds. The number of rotatable bonds is 3. The van der Waals surface area contributed by atoms with E-state index in [2.05, 4.69) is 21.2 Å². The molecule has 1 saturated carbocycles. The molecule has 0 aliphatic heterocycles. The molecule has 6 heteroatoms. The van der Waals surface area contributed by atoms with Gasteiger partial charge in [-0.3, -0.25) is 9.59 Å². The molecule has 0 unspecified atom stereocenters. The van der Waals surface area contributed by atoms with Gasteiger partial charge in [-0.15, -0.1) is 11.3 Å². The van der Waals surface area contributed by atoms with Crippen LogP contribution in [0.4, 0.5) is 0 Å². The van der Waals surface area contributed by atoms with Crippen molar-refractivity contribution in [2.45, 2.75) is 31.2 Å². The standard InChI is InChI=1S/C11H13BrN2O2S/c12-8-5-7(6-17-8)9(15)14-11(10(13)16)3-1-2-4-11/h5-6H,1-4H2,(H2,13,16)(H,14,15). The van der Waals surface area contributed by atoms with E-state index >= 15 is 0 Å². The van der Waals surface area contributed by atoms with E-state index in [1.54, 1.807) is 11.4 Å². The van der Waals surface area contributed by atoms with Crippen LogP contribution in [-0.4, -0.2) is 17.4 Å². The second-order valence-electron chi connectivity index (χ2n) is 4.25. The summed E-state index contributed by atoms with van der Waals surface area (Å²) in [5, 5.41) is 4.55. The molecule has 4 nitrogen and oxygen atoms in total. The maximum Gasteiger partial charge on any atom is 0.253 e. The van der Waals surface area contributed by atoms with Crippen LogP contribution in [0.5, 0.6) is 0 Å². The Morgan fingerprint density at radius 2 is 2.06 bits per heavy atom. The molecular formula is C11H13BrN2O2S. The lowest BCUT2D eigenvalue weighted by Crippen LogP contribution is -2.55. The highest BCUT2D eigenvalue weighted by molar-refractivity contribution is 9.11. The van der Waals surface area contributed by atoms with Crippen molar-refractivity contribution in [1.82, 2.24) is 5.32 Å². The molecule has 1 heterocycles. The van der Waals surface area contributed by atoms with Gasteiger partial charge in [0.25, 0.3) is 5.91 Å². The SMILES string of the molecule is NC(=O)C1(NC(=O)c2csc(Br)c2)CCCC1. The van der Waals surface area contributed by atoms with Gasteiger partial charge in [0.05, 0.1) is 9.35 Å². The van der Waals surface area contributed by atoms with Gasteiger partial charge in [-0.1, -0.05) is 12.8 Å². The second-order valence-corrected chi connectivity index (χ2v) is 6.54. The van der Waals surface area contributed by atoms with Crippen molar-refractivity contribution in [2.75, 3.05) is 0 Å². The third kappa shape index (κ3) is 2.52. The molecule has 1 aliphatic carbocycles. The second kappa shape index (κ2) is 4.78. The Kier molecular flexibility index (Phi) is 3.53. The average molecular weight is 317 g/mol. The number of carbonyl (C=O) groups excluding carboxylic acids is 2. The van der Waals surface area contributed by atoms with E-state index in [0.717, 1.165) is 16.6 Å². The average Bonchev–Trinajstić information content (AvgIpc) is 2.87. The van der Waals surface area contributed by atoms with E-state index in [0.29, 0.717) is 18.4 Å². The topological polar surface area (TPSA) is 72.2 Å². The van der Waals surface area contributed by atoms with E-state index in [-0.39, 0.29) is 5.91 Å². The number of carbonyl (C=O) groups is 2. The van der Waals surface area contributed by atoms with Crippen molar-refractivity contribution in [3.8, 4) is 0 Å². The van der Waals surface area contributed by atoms with Gasteiger partial charge in [0.1, 0.15) is 5.54 Å². The summed E-state index contributed by atoms with van der Waals surface area (Å²) < 4.78 is 0.891. The van der Waals surface area contributed by atoms with Crippen molar-refractivity contribution in [1.29, 1.82) is 0 Å². The maximum atomic E-state index is 12.0. The first kappa shape index (κ1) is 12.6. The number of nitrogens with two attached hydrogens (primary N) is 1. The number of amides is 2. The molecule has 3 N–H and O–H groups in total. The van der Waals surface area contributed by atoms with Crippen LogP contribution in [0.1, 0.15) is 36.0 Å². The smallest absolute Gasteiger partial charge is 0.253 e. The fraction of sp³-hybridized carbons (Fsp3) is 0.455. The molecule has 0 bridgehead atoms. The van der Waals surface area contributed by atoms with Crippen LogP contribution in [0.15, 0.2) is 15.2 Å². The van der Waals surface area contributed by atoms with Crippen LogP contribution < -0.4 is 11.1 Å². The zero-order chi connectivity index (χ0) is 12.5. The Labute approximate surface area is 112 Å². The summed E-state index contributed by atoms with van der Waals surface area (Å²) in [6.45, 7) is 0. The van der Waals surface area contributed by atoms with Gasteiger partial charge >= 0.3 is 0 Å². The molecule has 1 aliphatic rings. The van der Waals surface area contributed by atoms with Gasteiger partial charge in [0.2, 0.25) is 5.91 Å². The van der Waals surface area contributed by atoms with E-state index in [1.165, 1.54) is 11.3 Å². The summed E-state index contributed by atoms with van der Waals surface area (Å²) in [6.07, 6.45) is 3.13. The highest BCUT2D eigenvalue weighted by atomic mass is 79.9. The maximum absolute atomic E-state index is 12.0. The number of hydrogen-bond donors (Lipinski definition) is 2. The normalized spacial score (nSPS) is 17.9. The first-order chi connectivity index (χ1) is 8.03. The van der Waals surface area contributed by atoms with Crippen LogP contribution in [0.2, 0.25) is 0 Å². The first-order valence-electron chi connectivity index (χ1n) is 5.40. The third-order valence-electron chi connectivity index (χ3n) is 3.11. The van der Waals surface area contributed by atoms with E-state index in [4.69, 9.17) is 5.73 Å². The van der Waals surface area contributed by atoms with Crippen molar-refractivity contribution in [3.05, 3.63) is 20.8 Å². The van der Waals surface area contributed by atoms with Crippen molar-refractivity contribution in [3.63, 3.8) is 0 Å². The highest BCUT2D eigenvalue weighted by Gasteiger charge is 2.41. The summed E-state index contributed by atoms with van der Waals surface area (Å²) >= 11 is 4.74. The molecule has 1 aromatic rings. The van der Waals surface area contributed by atoms with Gasteiger partial charge in [-0.05, 0) is 34.8 Å². The lowest BCUT2D eigenvalue weighted by molar-refractivity contribution is -0.123. The quantitative estimate of drug-likeness (QED) is 0.895. The van der Waals surface area contributed by atoms with Crippen molar-refractivity contribution >= 4 is 39.1 Å². The summed E-state index contributed by atoms with van der Waals surface area (Å²) in [5.41, 5.74) is 5.13. The van der Waals surface area contributed by atoms with Crippen LogP contribution in [-0.2, 0) is 4.79 Å². The molecule has 0 saturated heterocycles. The number of hydrogen-bond acceptors (Lipinski definition) is 3. The molecule has 0 atom stereocenters. The van der Waals surface area contributed by atoms with Gasteiger partial charge < -0.3 is 11.1 Å². The summed E-state index contributed by atoms with van der Waals surface area (Å²) in [7, 11) is 0. The summed E-state index contributed by atoms with van der Waals surface area (Å²) in [5.74, 6) is -0.662. The van der Waals surface area contributed by atoms with Crippen LogP contribution in [0, 0.1) is 0 Å². The summed E-state index contributed by atoms with van der Waals surface area (Å²) in [6, 6.07) is 1.74. The molecular weight excluding hydrogens is 304 g/mol. The zero-order valence-electron chi connectivity index (χ0n) is 9.16. The van der Waals surface area contributed by atoms with Crippen molar-refractivity contribution < 1.29 is 9.59 Å². The minimum absolute atomic E-state index is 0.229. The third-order valence-corrected chi connectivity index (χ3v) is 4.62. The number of primary amides is 1. The van der Waals surface area contributed by atoms with Gasteiger partial charge in [0.15, 0.2) is 0 Å². The fourth-order valence-corrected chi connectivity index (χ4v) is 3.27. The van der Waals surface area contributed by atoms with E-state index in [9.17, 15) is 9.59 Å². The molecule has 0 spiro atoms. The number of nitrogens with one attached hydrogen (secondary N) is 1. The van der Waals surface area contributed by atoms with Crippen LogP contribution in [0.25, 0.3) is 0 Å². The molecule has 17 heavy (non-hydrogen) atoms. The molecule has 1 aromatic heterocycles. The Hall–Kier alpha value is -0.880. The monoisotopic (exact) mass is 316 g/mol. The fourth-order valence-electron chi connectivity index (χ4n) is 2.13. The van der Waals surface area contributed by atoms with Crippen LogP contribution in [0.3, 0.4) is 0 Å². The Morgan fingerprint density at radius 3 is 2.53 bits per heavy atom. The van der Waals surface area contributed by atoms with E-state index in [1.807, 2.05) is 0 Å². The number of thiophene rings is 1. The molecule has 0 aromatic carbocycles. The zero-order valence-corrected chi connectivity index (χ0v) is 11.6. The lowest BCUT2D eigenvalue weighted by atomic mass is 9.96. The van der Waals surface area contributed by atoms with Gasteiger partial charge in [0, 0.05) is 5.38 Å². The predicted molar refractivity (Wildman–Crippen MR) is 69.9 cm³/mol. The Balaban J connectivity index is 2.14. The number of halogens is 1. The van der Waals surface area contributed by atoms with Crippen LogP contribution >= 0.6 is 27.3 Å². The predicted octanol–water partition coefficient (Wildman–Crippen LogP) is 2.04. The first-order valence-corrected chi connectivity index (χ1v) is 7.07. The van der Waals surface area contributed by atoms with Gasteiger partial charge in [-0.2, -0.15) is 0 Å². The Morgan fingerprint density at radius 1 is 1.41 bits per heavy atom. The Bertz CT molecular complexity index is 452. The minimum Gasteiger partial charge on any atom is -0.368 e. The molecule has 92 valence electrons. The van der Waals surface area contributed by atoms with Crippen molar-refractivity contribution in [2.24, 2.45) is 5.73 Å². The largest absolute Gasteiger partial charge is 0.368 e. The van der Waals surface area contributed by atoms with Gasteiger partial charge in [-0.25, -0.2) is 0 Å². The van der Waals surface area contributed by atoms with E-state index < -0.39 is 11.4 Å².